The van der Waals surface area contributed by atoms with Crippen LogP contribution in [0.3, 0.4) is 0 Å². The van der Waals surface area contributed by atoms with Crippen molar-refractivity contribution in [3.63, 3.8) is 0 Å². The van der Waals surface area contributed by atoms with E-state index in [9.17, 15) is 0 Å². The van der Waals surface area contributed by atoms with E-state index in [0.717, 1.165) is 12.8 Å². The van der Waals surface area contributed by atoms with Crippen molar-refractivity contribution in [3.05, 3.63) is 71.3 Å². The molecular formula is C19H25N. The summed E-state index contributed by atoms with van der Waals surface area (Å²) in [5.41, 5.74) is 4.32. The van der Waals surface area contributed by atoms with Gasteiger partial charge in [0.2, 0.25) is 0 Å². The third-order valence-electron chi connectivity index (χ3n) is 4.06. The Balaban J connectivity index is 1.82. The highest BCUT2D eigenvalue weighted by Gasteiger charge is 2.07. The minimum atomic E-state index is 0.592. The van der Waals surface area contributed by atoms with Crippen LogP contribution in [-0.2, 0) is 12.8 Å². The number of nitrogens with one attached hydrogen (secondary N) is 1. The summed E-state index contributed by atoms with van der Waals surface area (Å²) in [6.45, 7) is 2.20. The van der Waals surface area contributed by atoms with Crippen LogP contribution in [-0.4, -0.2) is 13.1 Å². The van der Waals surface area contributed by atoms with Crippen LogP contribution in [0, 0.1) is 6.92 Å². The Bertz CT molecular complexity index is 504. The van der Waals surface area contributed by atoms with E-state index in [0.29, 0.717) is 6.04 Å². The van der Waals surface area contributed by atoms with Gasteiger partial charge in [-0.1, -0.05) is 54.6 Å². The molecule has 0 aromatic heterocycles. The molecule has 0 amide bonds. The van der Waals surface area contributed by atoms with Crippen LogP contribution < -0.4 is 5.32 Å². The molecule has 1 heteroatoms. The first-order valence-electron chi connectivity index (χ1n) is 7.55. The summed E-state index contributed by atoms with van der Waals surface area (Å²) >= 11 is 0. The first kappa shape index (κ1) is 14.8. The fourth-order valence-electron chi connectivity index (χ4n) is 2.64. The molecule has 0 spiro atoms. The first-order chi connectivity index (χ1) is 9.79. The monoisotopic (exact) mass is 267 g/mol. The lowest BCUT2D eigenvalue weighted by atomic mass is 9.97. The van der Waals surface area contributed by atoms with Gasteiger partial charge in [0, 0.05) is 6.04 Å². The third kappa shape index (κ3) is 4.50. The molecule has 20 heavy (non-hydrogen) atoms. The van der Waals surface area contributed by atoms with Crippen molar-refractivity contribution in [1.29, 1.82) is 0 Å². The maximum absolute atomic E-state index is 3.46. The lowest BCUT2D eigenvalue weighted by Gasteiger charge is -2.17. The molecule has 0 saturated heterocycles. The summed E-state index contributed by atoms with van der Waals surface area (Å²) in [5.74, 6) is 0. The summed E-state index contributed by atoms with van der Waals surface area (Å²) in [6.07, 6.45) is 4.72. The quantitative estimate of drug-likeness (QED) is 0.794. The maximum Gasteiger partial charge on any atom is 0.00703 e. The molecule has 2 aromatic carbocycles. The van der Waals surface area contributed by atoms with Gasteiger partial charge in [0.1, 0.15) is 0 Å². The molecule has 1 nitrogen and oxygen atoms in total. The second-order valence-electron chi connectivity index (χ2n) is 5.48. The number of rotatable bonds is 7. The highest BCUT2D eigenvalue weighted by atomic mass is 14.9. The second kappa shape index (κ2) is 7.86. The van der Waals surface area contributed by atoms with Crippen LogP contribution in [0.4, 0.5) is 0 Å². The van der Waals surface area contributed by atoms with Gasteiger partial charge < -0.3 is 5.32 Å². The van der Waals surface area contributed by atoms with Gasteiger partial charge in [0.25, 0.3) is 0 Å². The molecule has 0 fully saturated rings. The molecule has 1 N–H and O–H groups in total. The predicted octanol–water partition coefficient (Wildman–Crippen LogP) is 4.15. The largest absolute Gasteiger partial charge is 0.317 e. The standard InChI is InChI=1S/C19H25N/c1-16-8-6-7-11-18(16)13-15-19(20-2)14-12-17-9-4-3-5-10-17/h3-11,19-20H,12-15H2,1-2H3. The molecule has 1 atom stereocenters. The van der Waals surface area contributed by atoms with Gasteiger partial charge in [-0.3, -0.25) is 0 Å². The van der Waals surface area contributed by atoms with Gasteiger partial charge in [-0.15, -0.1) is 0 Å². The Kier molecular flexibility index (Phi) is 5.82. The van der Waals surface area contributed by atoms with Gasteiger partial charge in [-0.05, 0) is 56.3 Å². The first-order valence-corrected chi connectivity index (χ1v) is 7.55. The zero-order valence-electron chi connectivity index (χ0n) is 12.6. The molecule has 0 heterocycles. The minimum Gasteiger partial charge on any atom is -0.317 e. The highest BCUT2D eigenvalue weighted by molar-refractivity contribution is 5.25. The molecular weight excluding hydrogens is 242 g/mol. The Hall–Kier alpha value is -1.60. The van der Waals surface area contributed by atoms with Crippen molar-refractivity contribution in [2.45, 2.75) is 38.6 Å². The van der Waals surface area contributed by atoms with Crippen LogP contribution in [0.2, 0.25) is 0 Å². The van der Waals surface area contributed by atoms with E-state index in [-0.39, 0.29) is 0 Å². The van der Waals surface area contributed by atoms with E-state index in [1.54, 1.807) is 0 Å². The molecule has 106 valence electrons. The van der Waals surface area contributed by atoms with Crippen molar-refractivity contribution in [3.8, 4) is 0 Å². The zero-order chi connectivity index (χ0) is 14.2. The van der Waals surface area contributed by atoms with Crippen molar-refractivity contribution >= 4 is 0 Å². The normalized spacial score (nSPS) is 12.3. The fourth-order valence-corrected chi connectivity index (χ4v) is 2.64. The Morgan fingerprint density at radius 1 is 0.850 bits per heavy atom. The highest BCUT2D eigenvalue weighted by Crippen LogP contribution is 2.13. The van der Waals surface area contributed by atoms with E-state index in [2.05, 4.69) is 73.9 Å². The molecule has 0 aliphatic heterocycles. The van der Waals surface area contributed by atoms with E-state index >= 15 is 0 Å². The van der Waals surface area contributed by atoms with Crippen LogP contribution >= 0.6 is 0 Å². The third-order valence-corrected chi connectivity index (χ3v) is 4.06. The van der Waals surface area contributed by atoms with Crippen molar-refractivity contribution < 1.29 is 0 Å². The molecule has 0 saturated carbocycles. The Labute approximate surface area is 123 Å². The fraction of sp³-hybridized carbons (Fsp3) is 0.368. The molecule has 2 rings (SSSR count). The molecule has 1 unspecified atom stereocenters. The van der Waals surface area contributed by atoms with Gasteiger partial charge in [0.15, 0.2) is 0 Å². The van der Waals surface area contributed by atoms with Gasteiger partial charge in [-0.2, -0.15) is 0 Å². The molecule has 2 aromatic rings. The molecule has 0 aliphatic carbocycles. The van der Waals surface area contributed by atoms with Gasteiger partial charge in [-0.25, -0.2) is 0 Å². The van der Waals surface area contributed by atoms with Gasteiger partial charge >= 0.3 is 0 Å². The summed E-state index contributed by atoms with van der Waals surface area (Å²) < 4.78 is 0. The maximum atomic E-state index is 3.46. The van der Waals surface area contributed by atoms with Crippen LogP contribution in [0.15, 0.2) is 54.6 Å². The summed E-state index contributed by atoms with van der Waals surface area (Å²) in [7, 11) is 2.08. The number of hydrogen-bond donors (Lipinski definition) is 1. The van der Waals surface area contributed by atoms with E-state index in [4.69, 9.17) is 0 Å². The Morgan fingerprint density at radius 2 is 1.50 bits per heavy atom. The zero-order valence-corrected chi connectivity index (χ0v) is 12.6. The van der Waals surface area contributed by atoms with Crippen molar-refractivity contribution in [2.75, 3.05) is 7.05 Å². The average molecular weight is 267 g/mol. The lowest BCUT2D eigenvalue weighted by Crippen LogP contribution is -2.26. The van der Waals surface area contributed by atoms with Crippen molar-refractivity contribution in [1.82, 2.24) is 5.32 Å². The van der Waals surface area contributed by atoms with E-state index in [1.165, 1.54) is 29.5 Å². The Morgan fingerprint density at radius 3 is 2.20 bits per heavy atom. The smallest absolute Gasteiger partial charge is 0.00703 e. The predicted molar refractivity (Wildman–Crippen MR) is 87.1 cm³/mol. The summed E-state index contributed by atoms with van der Waals surface area (Å²) in [5, 5.41) is 3.46. The lowest BCUT2D eigenvalue weighted by molar-refractivity contribution is 0.489. The van der Waals surface area contributed by atoms with Crippen LogP contribution in [0.25, 0.3) is 0 Å². The van der Waals surface area contributed by atoms with Gasteiger partial charge in [0.05, 0.1) is 0 Å². The molecule has 0 radical (unpaired) electrons. The number of benzene rings is 2. The SMILES string of the molecule is CNC(CCc1ccccc1)CCc1ccccc1C. The molecule has 0 aliphatic rings. The molecule has 0 bridgehead atoms. The minimum absolute atomic E-state index is 0.592. The second-order valence-corrected chi connectivity index (χ2v) is 5.48. The summed E-state index contributed by atoms with van der Waals surface area (Å²) in [4.78, 5) is 0. The number of hydrogen-bond acceptors (Lipinski definition) is 1. The number of aryl methyl sites for hydroxylation is 3. The van der Waals surface area contributed by atoms with Crippen molar-refractivity contribution in [2.24, 2.45) is 0 Å². The van der Waals surface area contributed by atoms with E-state index in [1.807, 2.05) is 0 Å². The van der Waals surface area contributed by atoms with Crippen LogP contribution in [0.1, 0.15) is 29.5 Å². The average Bonchev–Trinajstić information content (AvgIpc) is 2.50. The topological polar surface area (TPSA) is 12.0 Å². The van der Waals surface area contributed by atoms with E-state index < -0.39 is 0 Å². The summed E-state index contributed by atoms with van der Waals surface area (Å²) in [6, 6.07) is 20.1. The van der Waals surface area contributed by atoms with Crippen LogP contribution in [0.5, 0.6) is 0 Å².